The Morgan fingerprint density at radius 3 is 2.65 bits per heavy atom. The average Bonchev–Trinajstić information content (AvgIpc) is 2.41. The van der Waals surface area contributed by atoms with Gasteiger partial charge in [-0.05, 0) is 48.2 Å². The van der Waals surface area contributed by atoms with Crippen LogP contribution in [0.2, 0.25) is 5.02 Å². The zero-order valence-corrected chi connectivity index (χ0v) is 13.3. The van der Waals surface area contributed by atoms with Crippen molar-refractivity contribution in [3.63, 3.8) is 0 Å². The first-order chi connectivity index (χ1) is 9.51. The van der Waals surface area contributed by atoms with Crippen molar-refractivity contribution >= 4 is 27.5 Å². The van der Waals surface area contributed by atoms with Crippen LogP contribution in [0.5, 0.6) is 0 Å². The van der Waals surface area contributed by atoms with Gasteiger partial charge in [0.25, 0.3) is 0 Å². The molecule has 0 aliphatic carbocycles. The number of nitrogens with two attached hydrogens (primary N) is 1. The normalized spacial score (nSPS) is 12.4. The molecule has 20 heavy (non-hydrogen) atoms. The molecule has 2 aromatic rings. The first kappa shape index (κ1) is 15.4. The molecule has 2 rings (SSSR count). The van der Waals surface area contributed by atoms with Crippen molar-refractivity contribution in [2.75, 3.05) is 0 Å². The van der Waals surface area contributed by atoms with Gasteiger partial charge in [-0.1, -0.05) is 45.7 Å². The third-order valence-corrected chi connectivity index (χ3v) is 4.15. The van der Waals surface area contributed by atoms with Gasteiger partial charge in [0.2, 0.25) is 0 Å². The lowest BCUT2D eigenvalue weighted by atomic mass is 9.98. The van der Waals surface area contributed by atoms with Crippen LogP contribution in [-0.4, -0.2) is 0 Å². The number of hydrogen-bond donors (Lipinski definition) is 2. The fourth-order valence-electron chi connectivity index (χ4n) is 2.08. The predicted octanol–water partition coefficient (Wildman–Crippen LogP) is 4.30. The number of aryl methyl sites for hydroxylation is 1. The van der Waals surface area contributed by atoms with E-state index in [1.165, 1.54) is 6.07 Å². The van der Waals surface area contributed by atoms with E-state index in [0.29, 0.717) is 6.42 Å². The van der Waals surface area contributed by atoms with Gasteiger partial charge in [-0.3, -0.25) is 11.3 Å². The highest BCUT2D eigenvalue weighted by molar-refractivity contribution is 9.10. The van der Waals surface area contributed by atoms with Crippen molar-refractivity contribution in [2.45, 2.75) is 19.4 Å². The zero-order valence-electron chi connectivity index (χ0n) is 11.0. The highest BCUT2D eigenvalue weighted by Gasteiger charge is 2.14. The molecule has 0 saturated carbocycles. The molecule has 0 heterocycles. The summed E-state index contributed by atoms with van der Waals surface area (Å²) in [5.74, 6) is 5.22. The fraction of sp³-hybridized carbons (Fsp3) is 0.200. The molecule has 106 valence electrons. The molecule has 5 heteroatoms. The summed E-state index contributed by atoms with van der Waals surface area (Å²) in [6, 6.07) is 10.8. The Kier molecular flexibility index (Phi) is 5.16. The Morgan fingerprint density at radius 2 is 2.05 bits per heavy atom. The third-order valence-electron chi connectivity index (χ3n) is 3.16. The average molecular weight is 358 g/mol. The molecule has 0 saturated heterocycles. The number of hydrogen-bond acceptors (Lipinski definition) is 2. The van der Waals surface area contributed by atoms with Gasteiger partial charge in [0.1, 0.15) is 5.82 Å². The van der Waals surface area contributed by atoms with Gasteiger partial charge in [0.05, 0.1) is 11.1 Å². The predicted molar refractivity (Wildman–Crippen MR) is 84.1 cm³/mol. The zero-order chi connectivity index (χ0) is 14.7. The van der Waals surface area contributed by atoms with Gasteiger partial charge in [0, 0.05) is 4.47 Å². The van der Waals surface area contributed by atoms with Crippen molar-refractivity contribution in [3.8, 4) is 0 Å². The molecule has 2 aromatic carbocycles. The summed E-state index contributed by atoms with van der Waals surface area (Å²) >= 11 is 9.23. The summed E-state index contributed by atoms with van der Waals surface area (Å²) in [6.07, 6.45) is 0.576. The van der Waals surface area contributed by atoms with Crippen LogP contribution in [0.4, 0.5) is 4.39 Å². The summed E-state index contributed by atoms with van der Waals surface area (Å²) in [6.45, 7) is 2.02. The van der Waals surface area contributed by atoms with E-state index in [2.05, 4.69) is 21.4 Å². The summed E-state index contributed by atoms with van der Waals surface area (Å²) in [5.41, 5.74) is 5.81. The van der Waals surface area contributed by atoms with E-state index in [4.69, 9.17) is 17.4 Å². The second-order valence-electron chi connectivity index (χ2n) is 4.70. The first-order valence-corrected chi connectivity index (χ1v) is 7.34. The summed E-state index contributed by atoms with van der Waals surface area (Å²) in [7, 11) is 0. The number of rotatable bonds is 4. The molecule has 0 aromatic heterocycles. The molecule has 3 N–H and O–H groups in total. The smallest absolute Gasteiger partial charge is 0.142 e. The highest BCUT2D eigenvalue weighted by atomic mass is 79.9. The Hall–Kier alpha value is -0.940. The maximum absolute atomic E-state index is 13.5. The van der Waals surface area contributed by atoms with E-state index in [1.807, 2.05) is 25.1 Å². The largest absolute Gasteiger partial charge is 0.271 e. The van der Waals surface area contributed by atoms with Gasteiger partial charge in [-0.2, -0.15) is 0 Å². The molecule has 0 fully saturated rings. The van der Waals surface area contributed by atoms with Crippen LogP contribution in [0.3, 0.4) is 0 Å². The molecule has 0 bridgehead atoms. The number of hydrazine groups is 1. The van der Waals surface area contributed by atoms with E-state index >= 15 is 0 Å². The molecule has 0 radical (unpaired) electrons. The Morgan fingerprint density at radius 1 is 1.30 bits per heavy atom. The molecular weight excluding hydrogens is 343 g/mol. The van der Waals surface area contributed by atoms with Crippen LogP contribution in [0.25, 0.3) is 0 Å². The SMILES string of the molecule is Cc1ccc(C(Cc2ccc(Cl)c(F)c2)NN)c(Br)c1. The monoisotopic (exact) mass is 356 g/mol. The van der Waals surface area contributed by atoms with Crippen molar-refractivity contribution in [2.24, 2.45) is 5.84 Å². The lowest BCUT2D eigenvalue weighted by Crippen LogP contribution is -2.29. The van der Waals surface area contributed by atoms with Crippen LogP contribution in [0.1, 0.15) is 22.7 Å². The molecule has 0 aliphatic heterocycles. The number of nitrogens with one attached hydrogen (secondary N) is 1. The first-order valence-electron chi connectivity index (χ1n) is 6.17. The topological polar surface area (TPSA) is 38.0 Å². The third kappa shape index (κ3) is 3.58. The van der Waals surface area contributed by atoms with Crippen molar-refractivity contribution in [3.05, 3.63) is 68.4 Å². The van der Waals surface area contributed by atoms with Crippen LogP contribution < -0.4 is 11.3 Å². The minimum atomic E-state index is -0.414. The van der Waals surface area contributed by atoms with E-state index in [-0.39, 0.29) is 11.1 Å². The minimum Gasteiger partial charge on any atom is -0.271 e. The van der Waals surface area contributed by atoms with E-state index in [0.717, 1.165) is 21.2 Å². The summed E-state index contributed by atoms with van der Waals surface area (Å²) < 4.78 is 14.5. The Bertz CT molecular complexity index is 619. The summed E-state index contributed by atoms with van der Waals surface area (Å²) in [5, 5.41) is 0.127. The quantitative estimate of drug-likeness (QED) is 0.632. The Labute approximate surface area is 131 Å². The molecular formula is C15H15BrClFN2. The van der Waals surface area contributed by atoms with Gasteiger partial charge in [-0.25, -0.2) is 4.39 Å². The van der Waals surface area contributed by atoms with Crippen LogP contribution >= 0.6 is 27.5 Å². The molecule has 2 nitrogen and oxygen atoms in total. The fourth-order valence-corrected chi connectivity index (χ4v) is 2.96. The van der Waals surface area contributed by atoms with Crippen molar-refractivity contribution < 1.29 is 4.39 Å². The molecule has 1 unspecified atom stereocenters. The molecule has 1 atom stereocenters. The molecule has 0 aliphatic rings. The van der Waals surface area contributed by atoms with E-state index in [1.54, 1.807) is 12.1 Å². The van der Waals surface area contributed by atoms with Gasteiger partial charge in [-0.15, -0.1) is 0 Å². The second-order valence-corrected chi connectivity index (χ2v) is 5.96. The van der Waals surface area contributed by atoms with E-state index < -0.39 is 5.82 Å². The standard InChI is InChI=1S/C15H15BrClFN2/c1-9-2-4-11(12(16)6-9)15(20-19)8-10-3-5-13(17)14(18)7-10/h2-7,15,20H,8,19H2,1H3. The molecule has 0 spiro atoms. The molecule has 0 amide bonds. The maximum Gasteiger partial charge on any atom is 0.142 e. The van der Waals surface area contributed by atoms with Crippen LogP contribution in [-0.2, 0) is 6.42 Å². The van der Waals surface area contributed by atoms with Crippen LogP contribution in [0, 0.1) is 12.7 Å². The highest BCUT2D eigenvalue weighted by Crippen LogP contribution is 2.27. The second kappa shape index (κ2) is 6.68. The van der Waals surface area contributed by atoms with Gasteiger partial charge < -0.3 is 0 Å². The van der Waals surface area contributed by atoms with Crippen molar-refractivity contribution in [1.82, 2.24) is 5.43 Å². The Balaban J connectivity index is 2.26. The van der Waals surface area contributed by atoms with Crippen LogP contribution in [0.15, 0.2) is 40.9 Å². The lowest BCUT2D eigenvalue weighted by molar-refractivity contribution is 0.546. The lowest BCUT2D eigenvalue weighted by Gasteiger charge is -2.18. The van der Waals surface area contributed by atoms with Gasteiger partial charge >= 0.3 is 0 Å². The number of benzene rings is 2. The number of halogens is 3. The summed E-state index contributed by atoms with van der Waals surface area (Å²) in [4.78, 5) is 0. The van der Waals surface area contributed by atoms with E-state index in [9.17, 15) is 4.39 Å². The van der Waals surface area contributed by atoms with Crippen molar-refractivity contribution in [1.29, 1.82) is 0 Å². The minimum absolute atomic E-state index is 0.106. The van der Waals surface area contributed by atoms with Gasteiger partial charge in [0.15, 0.2) is 0 Å². The maximum atomic E-state index is 13.5.